The average molecular weight is 545 g/mol. The Labute approximate surface area is 215 Å². The fraction of sp³-hybridized carbons (Fsp3) is 0.542. The molecule has 9 nitrogen and oxygen atoms in total. The minimum Gasteiger partial charge on any atom is -0.394 e. The Kier molecular flexibility index (Phi) is 7.57. The number of hydrogen-bond donors (Lipinski definition) is 5. The maximum atomic E-state index is 15.0. The van der Waals surface area contributed by atoms with Crippen molar-refractivity contribution in [2.75, 3.05) is 18.5 Å². The minimum atomic E-state index is -4.12. The number of aliphatic hydroxyl groups is 3. The predicted molar refractivity (Wildman–Crippen MR) is 127 cm³/mol. The molecule has 1 aromatic heterocycles. The van der Waals surface area contributed by atoms with Gasteiger partial charge in [-0.25, -0.2) is 9.37 Å². The summed E-state index contributed by atoms with van der Waals surface area (Å²) in [6.07, 6.45) is 1.62. The highest BCUT2D eigenvalue weighted by Crippen LogP contribution is 2.57. The van der Waals surface area contributed by atoms with Gasteiger partial charge in [0.25, 0.3) is 11.8 Å². The zero-order chi connectivity index (χ0) is 27.1. The number of hydrogen-bond acceptors (Lipinski definition) is 6. The number of anilines is 1. The lowest BCUT2D eigenvalue weighted by Gasteiger charge is -2.33. The molecule has 0 aliphatic heterocycles. The number of halogens is 4. The van der Waals surface area contributed by atoms with Crippen molar-refractivity contribution in [1.82, 2.24) is 14.9 Å². The Morgan fingerprint density at radius 1 is 1.24 bits per heavy atom. The van der Waals surface area contributed by atoms with Crippen molar-refractivity contribution in [2.45, 2.75) is 49.2 Å². The van der Waals surface area contributed by atoms with Crippen molar-refractivity contribution >= 4 is 29.1 Å². The highest BCUT2D eigenvalue weighted by molar-refractivity contribution is 6.31. The maximum absolute atomic E-state index is 15.0. The van der Waals surface area contributed by atoms with E-state index in [1.807, 2.05) is 5.32 Å². The summed E-state index contributed by atoms with van der Waals surface area (Å²) in [5.74, 6) is -7.86. The number of carbonyl (C=O) groups is 2. The normalized spacial score (nSPS) is 25.4. The molecule has 2 saturated carbocycles. The number of rotatable bonds is 8. The number of alkyl halides is 2. The molecule has 0 bridgehead atoms. The minimum absolute atomic E-state index is 0.145. The summed E-state index contributed by atoms with van der Waals surface area (Å²) in [5, 5.41) is 33.3. The molecule has 13 heteroatoms. The molecule has 5 N–H and O–H groups in total. The summed E-state index contributed by atoms with van der Waals surface area (Å²) < 4.78 is 44.9. The van der Waals surface area contributed by atoms with Crippen LogP contribution in [0.1, 0.15) is 47.8 Å². The van der Waals surface area contributed by atoms with Gasteiger partial charge in [0.15, 0.2) is 0 Å². The first-order valence-electron chi connectivity index (χ1n) is 11.8. The number of aromatic nitrogens is 2. The van der Waals surface area contributed by atoms with Crippen molar-refractivity contribution < 1.29 is 38.1 Å². The smallest absolute Gasteiger partial charge is 0.352 e. The molecule has 2 aliphatic rings. The van der Waals surface area contributed by atoms with E-state index < -0.39 is 48.4 Å². The second-order valence-corrected chi connectivity index (χ2v) is 10.3. The lowest BCUT2D eigenvalue weighted by molar-refractivity contribution is -0.193. The fourth-order valence-corrected chi connectivity index (χ4v) is 5.75. The summed E-state index contributed by atoms with van der Waals surface area (Å²) >= 11 is 5.79. The van der Waals surface area contributed by atoms with Crippen LogP contribution >= 0.6 is 11.6 Å². The average Bonchev–Trinajstić information content (AvgIpc) is 3.50. The van der Waals surface area contributed by atoms with E-state index in [4.69, 9.17) is 21.8 Å². The predicted octanol–water partition coefficient (Wildman–Crippen LogP) is 2.20. The van der Waals surface area contributed by atoms with Crippen LogP contribution in [0, 0.1) is 17.7 Å². The monoisotopic (exact) mass is 544 g/mol. The van der Waals surface area contributed by atoms with Crippen LogP contribution in [0.25, 0.3) is 0 Å². The molecule has 4 rings (SSSR count). The van der Waals surface area contributed by atoms with E-state index in [1.54, 1.807) is 7.05 Å². The van der Waals surface area contributed by atoms with Gasteiger partial charge in [-0.05, 0) is 55.7 Å². The SMILES string of the molecule is Cn1cnc(C2CC3CC(O)(C(F)(F)C(=O)NC(CO)CO)CC3C2)c1C(=O)Nc1ccc(F)c(Cl)c1. The quantitative estimate of drug-likeness (QED) is 0.346. The zero-order valence-electron chi connectivity index (χ0n) is 19.9. The van der Waals surface area contributed by atoms with Gasteiger partial charge >= 0.3 is 5.92 Å². The molecule has 2 aromatic rings. The van der Waals surface area contributed by atoms with Gasteiger partial charge in [0.1, 0.15) is 17.1 Å². The standard InChI is InChI=1S/C24H28ClF3N4O5/c1-32-11-29-19(20(32)21(35)30-15-2-3-18(26)17(25)6-15)12-4-13-7-23(37,8-14(13)5-12)24(27,28)22(36)31-16(9-33)10-34/h2-3,6,11-14,16,33-34,37H,4-5,7-10H2,1H3,(H,30,35)(H,31,36). The molecule has 2 aliphatic carbocycles. The van der Waals surface area contributed by atoms with E-state index in [2.05, 4.69) is 10.3 Å². The third kappa shape index (κ3) is 5.07. The van der Waals surface area contributed by atoms with Gasteiger partial charge in [-0.15, -0.1) is 0 Å². The molecule has 1 aromatic carbocycles. The number of fused-ring (bicyclic) bond motifs is 1. The summed E-state index contributed by atoms with van der Waals surface area (Å²) in [5.41, 5.74) is -1.52. The van der Waals surface area contributed by atoms with Gasteiger partial charge < -0.3 is 30.5 Å². The van der Waals surface area contributed by atoms with E-state index in [0.29, 0.717) is 24.2 Å². The second-order valence-electron chi connectivity index (χ2n) is 9.91. The number of nitrogens with one attached hydrogen (secondary N) is 2. The van der Waals surface area contributed by atoms with Gasteiger partial charge in [0.2, 0.25) is 0 Å². The van der Waals surface area contributed by atoms with Crippen LogP contribution in [0.15, 0.2) is 24.5 Å². The number of nitrogens with zero attached hydrogens (tertiary/aromatic N) is 2. The van der Waals surface area contributed by atoms with E-state index >= 15 is 0 Å². The van der Waals surface area contributed by atoms with Crippen molar-refractivity contribution in [3.63, 3.8) is 0 Å². The largest absolute Gasteiger partial charge is 0.394 e. The molecule has 2 unspecified atom stereocenters. The molecular formula is C24H28ClF3N4O5. The molecule has 0 saturated heterocycles. The van der Waals surface area contributed by atoms with Crippen molar-refractivity contribution in [1.29, 1.82) is 0 Å². The van der Waals surface area contributed by atoms with Crippen molar-refractivity contribution in [3.05, 3.63) is 46.8 Å². The molecule has 37 heavy (non-hydrogen) atoms. The molecule has 1 heterocycles. The van der Waals surface area contributed by atoms with E-state index in [1.165, 1.54) is 23.0 Å². The van der Waals surface area contributed by atoms with Crippen LogP contribution in [0.5, 0.6) is 0 Å². The van der Waals surface area contributed by atoms with E-state index in [0.717, 1.165) is 6.07 Å². The summed E-state index contributed by atoms with van der Waals surface area (Å²) in [4.78, 5) is 29.6. The number of benzene rings is 1. The molecular weight excluding hydrogens is 517 g/mol. The third-order valence-electron chi connectivity index (χ3n) is 7.43. The number of amides is 2. The fourth-order valence-electron chi connectivity index (χ4n) is 5.57. The molecule has 202 valence electrons. The number of carbonyl (C=O) groups excluding carboxylic acids is 2. The van der Waals surface area contributed by atoms with Crippen LogP contribution < -0.4 is 10.6 Å². The first-order chi connectivity index (χ1) is 17.4. The Bertz CT molecular complexity index is 1180. The van der Waals surface area contributed by atoms with Gasteiger partial charge in [0.05, 0.1) is 36.3 Å². The van der Waals surface area contributed by atoms with Crippen LogP contribution in [0.3, 0.4) is 0 Å². The van der Waals surface area contributed by atoms with Gasteiger partial charge in [0, 0.05) is 18.7 Å². The van der Waals surface area contributed by atoms with E-state index in [-0.39, 0.29) is 41.3 Å². The lowest BCUT2D eigenvalue weighted by Crippen LogP contribution is -2.58. The van der Waals surface area contributed by atoms with E-state index in [9.17, 15) is 27.9 Å². The molecule has 2 amide bonds. The first kappa shape index (κ1) is 27.4. The topological polar surface area (TPSA) is 137 Å². The summed E-state index contributed by atoms with van der Waals surface area (Å²) in [6, 6.07) is 2.53. The van der Waals surface area contributed by atoms with Crippen LogP contribution in [0.4, 0.5) is 18.9 Å². The summed E-state index contributed by atoms with van der Waals surface area (Å²) in [7, 11) is 1.64. The van der Waals surface area contributed by atoms with Crippen molar-refractivity contribution in [2.24, 2.45) is 18.9 Å². The Morgan fingerprint density at radius 2 is 1.86 bits per heavy atom. The molecule has 0 spiro atoms. The van der Waals surface area contributed by atoms with Gasteiger partial charge in [-0.1, -0.05) is 11.6 Å². The number of aryl methyl sites for hydroxylation is 1. The second kappa shape index (κ2) is 10.2. The Balaban J connectivity index is 1.46. The Hall–Kier alpha value is -2.67. The third-order valence-corrected chi connectivity index (χ3v) is 7.72. The maximum Gasteiger partial charge on any atom is 0.352 e. The first-order valence-corrected chi connectivity index (χ1v) is 12.2. The molecule has 0 radical (unpaired) electrons. The highest BCUT2D eigenvalue weighted by atomic mass is 35.5. The lowest BCUT2D eigenvalue weighted by atomic mass is 9.87. The number of aliphatic hydroxyl groups excluding tert-OH is 2. The highest BCUT2D eigenvalue weighted by Gasteiger charge is 2.64. The van der Waals surface area contributed by atoms with Crippen LogP contribution in [0.2, 0.25) is 5.02 Å². The zero-order valence-corrected chi connectivity index (χ0v) is 20.7. The van der Waals surface area contributed by atoms with Crippen LogP contribution in [-0.2, 0) is 11.8 Å². The molecule has 2 fully saturated rings. The van der Waals surface area contributed by atoms with Gasteiger partial charge in [-0.3, -0.25) is 9.59 Å². The molecule has 2 atom stereocenters. The van der Waals surface area contributed by atoms with Crippen molar-refractivity contribution in [3.8, 4) is 0 Å². The van der Waals surface area contributed by atoms with Crippen LogP contribution in [-0.4, -0.2) is 67.5 Å². The number of imidazole rings is 1. The summed E-state index contributed by atoms with van der Waals surface area (Å²) in [6.45, 7) is -1.45. The Morgan fingerprint density at radius 3 is 2.43 bits per heavy atom. The van der Waals surface area contributed by atoms with Gasteiger partial charge in [-0.2, -0.15) is 8.78 Å².